The van der Waals surface area contributed by atoms with Crippen LogP contribution in [0.1, 0.15) is 5.56 Å². The maximum absolute atomic E-state index is 5.89. The summed E-state index contributed by atoms with van der Waals surface area (Å²) in [5.41, 5.74) is 1.14. The van der Waals surface area contributed by atoms with E-state index in [1.165, 1.54) is 4.90 Å². The van der Waals surface area contributed by atoms with E-state index >= 15 is 0 Å². The molecule has 0 radical (unpaired) electrons. The molecule has 0 aromatic heterocycles. The lowest BCUT2D eigenvalue weighted by atomic mass is 10.2. The third-order valence-electron chi connectivity index (χ3n) is 3.35. The highest BCUT2D eigenvalue weighted by Crippen LogP contribution is 2.35. The fourth-order valence-corrected chi connectivity index (χ4v) is 3.06. The molecule has 23 heavy (non-hydrogen) atoms. The fraction of sp³-hybridized carbons (Fsp3) is 0.100. The Bertz CT molecular complexity index is 742. The van der Waals surface area contributed by atoms with Crippen molar-refractivity contribution < 1.29 is 9.47 Å². The van der Waals surface area contributed by atoms with Gasteiger partial charge in [0, 0.05) is 9.79 Å². The van der Waals surface area contributed by atoms with Gasteiger partial charge in [0.05, 0.1) is 7.11 Å². The topological polar surface area (TPSA) is 18.5 Å². The van der Waals surface area contributed by atoms with Crippen LogP contribution >= 0.6 is 11.8 Å². The monoisotopic (exact) mass is 322 g/mol. The Labute approximate surface area is 141 Å². The molecular weight excluding hydrogens is 304 g/mol. The van der Waals surface area contributed by atoms with Crippen molar-refractivity contribution in [2.75, 3.05) is 7.11 Å². The molecule has 3 aromatic carbocycles. The van der Waals surface area contributed by atoms with Crippen molar-refractivity contribution in [2.45, 2.75) is 16.4 Å². The van der Waals surface area contributed by atoms with Gasteiger partial charge in [-0.3, -0.25) is 0 Å². The van der Waals surface area contributed by atoms with Gasteiger partial charge in [0.25, 0.3) is 0 Å². The summed E-state index contributed by atoms with van der Waals surface area (Å²) in [6.45, 7) is 0.530. The number of rotatable bonds is 6. The minimum atomic E-state index is 0.530. The third kappa shape index (κ3) is 4.30. The second kappa shape index (κ2) is 7.75. The highest BCUT2D eigenvalue weighted by atomic mass is 32.2. The first-order valence-electron chi connectivity index (χ1n) is 7.43. The molecule has 3 aromatic rings. The van der Waals surface area contributed by atoms with Crippen molar-refractivity contribution in [1.29, 1.82) is 0 Å². The summed E-state index contributed by atoms with van der Waals surface area (Å²) in [5, 5.41) is 0. The van der Waals surface area contributed by atoms with Crippen LogP contribution in [0.2, 0.25) is 0 Å². The predicted molar refractivity (Wildman–Crippen MR) is 94.3 cm³/mol. The molecule has 0 fully saturated rings. The second-order valence-corrected chi connectivity index (χ2v) is 6.15. The number of ether oxygens (including phenoxy) is 2. The van der Waals surface area contributed by atoms with Gasteiger partial charge >= 0.3 is 0 Å². The largest absolute Gasteiger partial charge is 0.493 e. The molecule has 0 unspecified atom stereocenters. The summed E-state index contributed by atoms with van der Waals surface area (Å²) in [7, 11) is 1.67. The van der Waals surface area contributed by atoms with Gasteiger partial charge in [0.15, 0.2) is 11.5 Å². The molecule has 0 bridgehead atoms. The zero-order chi connectivity index (χ0) is 15.9. The maximum Gasteiger partial charge on any atom is 0.161 e. The van der Waals surface area contributed by atoms with Crippen LogP contribution in [0.4, 0.5) is 0 Å². The lowest BCUT2D eigenvalue weighted by Crippen LogP contribution is -1.97. The average molecular weight is 322 g/mol. The van der Waals surface area contributed by atoms with Crippen LogP contribution in [0, 0.1) is 0 Å². The van der Waals surface area contributed by atoms with Gasteiger partial charge in [-0.1, -0.05) is 60.3 Å². The summed E-state index contributed by atoms with van der Waals surface area (Å²) >= 11 is 1.70. The average Bonchev–Trinajstić information content (AvgIpc) is 2.62. The number of benzene rings is 3. The van der Waals surface area contributed by atoms with E-state index in [1.807, 2.05) is 60.7 Å². The Morgan fingerprint density at radius 1 is 0.739 bits per heavy atom. The Morgan fingerprint density at radius 2 is 1.43 bits per heavy atom. The van der Waals surface area contributed by atoms with Gasteiger partial charge in [-0.05, 0) is 35.9 Å². The maximum atomic E-state index is 5.89. The number of methoxy groups -OCH3 is 1. The molecule has 0 aliphatic carbocycles. The van der Waals surface area contributed by atoms with Crippen LogP contribution in [0.15, 0.2) is 88.7 Å². The Hall–Kier alpha value is -2.39. The van der Waals surface area contributed by atoms with Crippen molar-refractivity contribution in [1.82, 2.24) is 0 Å². The summed E-state index contributed by atoms with van der Waals surface area (Å²) in [6.07, 6.45) is 0. The van der Waals surface area contributed by atoms with E-state index in [0.717, 1.165) is 22.0 Å². The van der Waals surface area contributed by atoms with Gasteiger partial charge < -0.3 is 9.47 Å². The van der Waals surface area contributed by atoms with E-state index < -0.39 is 0 Å². The van der Waals surface area contributed by atoms with Crippen LogP contribution < -0.4 is 9.47 Å². The lowest BCUT2D eigenvalue weighted by molar-refractivity contribution is 0.284. The standard InChI is InChI=1S/C20H18O2S/c1-21-20-14-18(23-17-10-6-3-7-11-17)12-13-19(20)22-15-16-8-4-2-5-9-16/h2-14H,15H2,1H3. The van der Waals surface area contributed by atoms with Crippen molar-refractivity contribution in [3.8, 4) is 11.5 Å². The first kappa shape index (κ1) is 15.5. The van der Waals surface area contributed by atoms with Crippen LogP contribution in [-0.2, 0) is 6.61 Å². The molecule has 0 N–H and O–H groups in total. The zero-order valence-corrected chi connectivity index (χ0v) is 13.8. The Morgan fingerprint density at radius 3 is 2.13 bits per heavy atom. The molecule has 0 atom stereocenters. The first-order valence-corrected chi connectivity index (χ1v) is 8.24. The number of hydrogen-bond donors (Lipinski definition) is 0. The lowest BCUT2D eigenvalue weighted by Gasteiger charge is -2.12. The summed E-state index contributed by atoms with van der Waals surface area (Å²) in [6, 6.07) is 26.4. The molecule has 0 aliphatic rings. The predicted octanol–water partition coefficient (Wildman–Crippen LogP) is 5.43. The summed E-state index contributed by atoms with van der Waals surface area (Å²) in [4.78, 5) is 2.33. The summed E-state index contributed by atoms with van der Waals surface area (Å²) < 4.78 is 11.4. The normalized spacial score (nSPS) is 10.3. The molecule has 2 nitrogen and oxygen atoms in total. The molecule has 0 heterocycles. The van der Waals surface area contributed by atoms with E-state index in [4.69, 9.17) is 9.47 Å². The molecule has 0 amide bonds. The van der Waals surface area contributed by atoms with E-state index in [1.54, 1.807) is 18.9 Å². The van der Waals surface area contributed by atoms with Crippen LogP contribution in [0.5, 0.6) is 11.5 Å². The SMILES string of the molecule is COc1cc(Sc2ccccc2)ccc1OCc1ccccc1. The number of hydrogen-bond acceptors (Lipinski definition) is 3. The highest BCUT2D eigenvalue weighted by Gasteiger charge is 2.07. The van der Waals surface area contributed by atoms with Gasteiger partial charge in [0.1, 0.15) is 6.61 Å². The van der Waals surface area contributed by atoms with E-state index in [9.17, 15) is 0 Å². The second-order valence-electron chi connectivity index (χ2n) is 5.00. The fourth-order valence-electron chi connectivity index (χ4n) is 2.19. The van der Waals surface area contributed by atoms with Crippen LogP contribution in [0.3, 0.4) is 0 Å². The molecule has 3 rings (SSSR count). The van der Waals surface area contributed by atoms with Gasteiger partial charge in [-0.2, -0.15) is 0 Å². The molecule has 0 saturated carbocycles. The Kier molecular flexibility index (Phi) is 5.22. The minimum absolute atomic E-state index is 0.530. The van der Waals surface area contributed by atoms with Crippen molar-refractivity contribution in [2.24, 2.45) is 0 Å². The van der Waals surface area contributed by atoms with Crippen molar-refractivity contribution in [3.63, 3.8) is 0 Å². The third-order valence-corrected chi connectivity index (χ3v) is 4.35. The van der Waals surface area contributed by atoms with Gasteiger partial charge in [0.2, 0.25) is 0 Å². The molecule has 0 spiro atoms. The highest BCUT2D eigenvalue weighted by molar-refractivity contribution is 7.99. The van der Waals surface area contributed by atoms with E-state index in [0.29, 0.717) is 6.61 Å². The molecule has 116 valence electrons. The van der Waals surface area contributed by atoms with Crippen molar-refractivity contribution >= 4 is 11.8 Å². The molecule has 0 saturated heterocycles. The first-order chi connectivity index (χ1) is 11.3. The van der Waals surface area contributed by atoms with Gasteiger partial charge in [-0.15, -0.1) is 0 Å². The quantitative estimate of drug-likeness (QED) is 0.603. The van der Waals surface area contributed by atoms with Crippen LogP contribution in [0.25, 0.3) is 0 Å². The van der Waals surface area contributed by atoms with E-state index in [2.05, 4.69) is 18.2 Å². The van der Waals surface area contributed by atoms with Gasteiger partial charge in [-0.25, -0.2) is 0 Å². The molecule has 0 aliphatic heterocycles. The Balaban J connectivity index is 1.72. The smallest absolute Gasteiger partial charge is 0.161 e. The summed E-state index contributed by atoms with van der Waals surface area (Å²) in [5.74, 6) is 1.51. The molecule has 3 heteroatoms. The zero-order valence-electron chi connectivity index (χ0n) is 12.9. The van der Waals surface area contributed by atoms with E-state index in [-0.39, 0.29) is 0 Å². The minimum Gasteiger partial charge on any atom is -0.493 e. The molecular formula is C20H18O2S. The van der Waals surface area contributed by atoms with Crippen LogP contribution in [-0.4, -0.2) is 7.11 Å². The van der Waals surface area contributed by atoms with Crippen molar-refractivity contribution in [3.05, 3.63) is 84.4 Å².